The maximum Gasteiger partial charge on any atom is 0.245 e. The molecule has 2 aliphatic rings. The normalized spacial score (nSPS) is 21.6. The zero-order valence-corrected chi connectivity index (χ0v) is 11.8. The number of likely N-dealkylation sites (tertiary alicyclic amines) is 1. The average Bonchev–Trinajstić information content (AvgIpc) is 3.25. The summed E-state index contributed by atoms with van der Waals surface area (Å²) in [5.41, 5.74) is 0.526. The van der Waals surface area contributed by atoms with E-state index < -0.39 is 12.3 Å². The van der Waals surface area contributed by atoms with Crippen molar-refractivity contribution in [2.45, 2.75) is 37.2 Å². The van der Waals surface area contributed by atoms with E-state index in [1.54, 1.807) is 35.2 Å². The minimum absolute atomic E-state index is 0.00166. The fourth-order valence-electron chi connectivity index (χ4n) is 2.92. The van der Waals surface area contributed by atoms with Crippen molar-refractivity contribution in [2.24, 2.45) is 0 Å². The van der Waals surface area contributed by atoms with E-state index in [0.717, 1.165) is 19.4 Å². The van der Waals surface area contributed by atoms with Crippen molar-refractivity contribution in [1.29, 1.82) is 0 Å². The number of ether oxygens (including phenoxy) is 1. The van der Waals surface area contributed by atoms with Gasteiger partial charge in [0.05, 0.1) is 18.1 Å². The molecule has 1 aromatic carbocycles. The molecule has 3 rings (SSSR count). The van der Waals surface area contributed by atoms with Gasteiger partial charge in [0, 0.05) is 19.5 Å². The molecule has 3 nitrogen and oxygen atoms in total. The molecule has 21 heavy (non-hydrogen) atoms. The monoisotopic (exact) mass is 295 g/mol. The van der Waals surface area contributed by atoms with Crippen molar-refractivity contribution in [2.75, 3.05) is 19.7 Å². The summed E-state index contributed by atoms with van der Waals surface area (Å²) in [7, 11) is 0. The van der Waals surface area contributed by atoms with E-state index in [-0.39, 0.29) is 17.9 Å². The van der Waals surface area contributed by atoms with E-state index in [4.69, 9.17) is 4.74 Å². The Morgan fingerprint density at radius 1 is 1.24 bits per heavy atom. The molecule has 2 heterocycles. The first-order valence-electron chi connectivity index (χ1n) is 7.34. The molecule has 0 N–H and O–H groups in total. The molecule has 114 valence electrons. The van der Waals surface area contributed by atoms with Crippen LogP contribution < -0.4 is 0 Å². The third kappa shape index (κ3) is 3.23. The number of carbonyl (C=O) groups is 1. The molecule has 0 radical (unpaired) electrons. The Morgan fingerprint density at radius 2 is 1.86 bits per heavy atom. The van der Waals surface area contributed by atoms with Crippen molar-refractivity contribution in [1.82, 2.24) is 4.90 Å². The van der Waals surface area contributed by atoms with E-state index in [1.165, 1.54) is 0 Å². The highest BCUT2D eigenvalue weighted by Gasteiger charge is 2.47. The van der Waals surface area contributed by atoms with Gasteiger partial charge >= 0.3 is 0 Å². The zero-order chi connectivity index (χ0) is 14.9. The van der Waals surface area contributed by atoms with Gasteiger partial charge in [-0.3, -0.25) is 4.79 Å². The molecule has 2 aliphatic heterocycles. The molecule has 1 spiro atoms. The Bertz CT molecular complexity index is 492. The first-order chi connectivity index (χ1) is 10.1. The van der Waals surface area contributed by atoms with Crippen molar-refractivity contribution in [3.63, 3.8) is 0 Å². The fourth-order valence-corrected chi connectivity index (χ4v) is 2.92. The van der Waals surface area contributed by atoms with Gasteiger partial charge < -0.3 is 9.64 Å². The van der Waals surface area contributed by atoms with E-state index in [1.807, 2.05) is 0 Å². The summed E-state index contributed by atoms with van der Waals surface area (Å²) < 4.78 is 31.9. The standard InChI is InChI=1S/C16H19F2NO2/c17-15(18)13(12-4-2-1-3-5-12)10-14(20)19-8-6-16(7-9-19)11-21-16/h1-5,13,15H,6-11H2/t13-/m1/s1. The quantitative estimate of drug-likeness (QED) is 0.800. The highest BCUT2D eigenvalue weighted by Crippen LogP contribution is 2.38. The largest absolute Gasteiger partial charge is 0.369 e. The summed E-state index contributed by atoms with van der Waals surface area (Å²) >= 11 is 0. The first kappa shape index (κ1) is 14.4. The van der Waals surface area contributed by atoms with Gasteiger partial charge in [0.25, 0.3) is 0 Å². The number of halogens is 2. The summed E-state index contributed by atoms with van der Waals surface area (Å²) in [6.45, 7) is 2.01. The third-order valence-corrected chi connectivity index (χ3v) is 4.51. The fraction of sp³-hybridized carbons (Fsp3) is 0.562. The number of piperidine rings is 1. The molecule has 1 atom stereocenters. The lowest BCUT2D eigenvalue weighted by Crippen LogP contribution is -2.42. The summed E-state index contributed by atoms with van der Waals surface area (Å²) in [4.78, 5) is 14.0. The van der Waals surface area contributed by atoms with Gasteiger partial charge in [0.15, 0.2) is 0 Å². The van der Waals surface area contributed by atoms with Crippen LogP contribution in [0.4, 0.5) is 8.78 Å². The number of epoxide rings is 1. The number of amides is 1. The zero-order valence-electron chi connectivity index (χ0n) is 11.8. The first-order valence-corrected chi connectivity index (χ1v) is 7.34. The van der Waals surface area contributed by atoms with Gasteiger partial charge in [-0.05, 0) is 18.4 Å². The lowest BCUT2D eigenvalue weighted by atomic mass is 9.93. The molecule has 0 bridgehead atoms. The number of rotatable bonds is 4. The Hall–Kier alpha value is -1.49. The molecule has 1 aromatic rings. The lowest BCUT2D eigenvalue weighted by Gasteiger charge is -2.31. The van der Waals surface area contributed by atoms with E-state index in [0.29, 0.717) is 18.7 Å². The molecule has 2 saturated heterocycles. The van der Waals surface area contributed by atoms with E-state index >= 15 is 0 Å². The number of nitrogens with zero attached hydrogens (tertiary/aromatic N) is 1. The smallest absolute Gasteiger partial charge is 0.245 e. The Balaban J connectivity index is 1.61. The molecular weight excluding hydrogens is 276 g/mol. The van der Waals surface area contributed by atoms with Crippen molar-refractivity contribution in [3.05, 3.63) is 35.9 Å². The van der Waals surface area contributed by atoms with E-state index in [2.05, 4.69) is 0 Å². The second kappa shape index (κ2) is 5.72. The van der Waals surface area contributed by atoms with Crippen LogP contribution in [0.5, 0.6) is 0 Å². The molecule has 0 aliphatic carbocycles. The summed E-state index contributed by atoms with van der Waals surface area (Å²) in [6.07, 6.45) is -1.01. The topological polar surface area (TPSA) is 32.8 Å². The number of carbonyl (C=O) groups excluding carboxylic acids is 1. The van der Waals surface area contributed by atoms with Crippen molar-refractivity contribution in [3.8, 4) is 0 Å². The van der Waals surface area contributed by atoms with Gasteiger partial charge in [-0.2, -0.15) is 0 Å². The Morgan fingerprint density at radius 3 is 2.38 bits per heavy atom. The van der Waals surface area contributed by atoms with Crippen LogP contribution in [0.3, 0.4) is 0 Å². The predicted molar refractivity (Wildman–Crippen MR) is 74.3 cm³/mol. The lowest BCUT2D eigenvalue weighted by molar-refractivity contribution is -0.134. The molecule has 5 heteroatoms. The maximum absolute atomic E-state index is 13.3. The molecule has 2 fully saturated rings. The second-order valence-electron chi connectivity index (χ2n) is 5.91. The SMILES string of the molecule is O=C(C[C@H](c1ccccc1)C(F)F)N1CCC2(CC1)CO2. The minimum Gasteiger partial charge on any atom is -0.369 e. The van der Waals surface area contributed by atoms with Crippen molar-refractivity contribution < 1.29 is 18.3 Å². The van der Waals surface area contributed by atoms with Crippen molar-refractivity contribution >= 4 is 5.91 Å². The van der Waals surface area contributed by atoms with Gasteiger partial charge in [-0.1, -0.05) is 30.3 Å². The molecular formula is C16H19F2NO2. The van der Waals surface area contributed by atoms with Gasteiger partial charge in [0.1, 0.15) is 0 Å². The molecule has 0 unspecified atom stereocenters. The van der Waals surface area contributed by atoms with Crippen LogP contribution in [-0.4, -0.2) is 42.5 Å². The van der Waals surface area contributed by atoms with Crippen LogP contribution in [0.2, 0.25) is 0 Å². The van der Waals surface area contributed by atoms with Crippen LogP contribution in [0.15, 0.2) is 30.3 Å². The molecule has 0 aromatic heterocycles. The highest BCUT2D eigenvalue weighted by atomic mass is 19.3. The Labute approximate surface area is 122 Å². The number of alkyl halides is 2. The van der Waals surface area contributed by atoms with Gasteiger partial charge in [-0.25, -0.2) is 8.78 Å². The third-order valence-electron chi connectivity index (χ3n) is 4.51. The summed E-state index contributed by atoms with van der Waals surface area (Å²) in [6, 6.07) is 8.56. The number of benzene rings is 1. The highest BCUT2D eigenvalue weighted by molar-refractivity contribution is 5.77. The van der Waals surface area contributed by atoms with Crippen LogP contribution in [0.1, 0.15) is 30.7 Å². The van der Waals surface area contributed by atoms with Crippen LogP contribution >= 0.6 is 0 Å². The molecule has 0 saturated carbocycles. The number of hydrogen-bond donors (Lipinski definition) is 0. The van der Waals surface area contributed by atoms with Gasteiger partial charge in [-0.15, -0.1) is 0 Å². The predicted octanol–water partition coefficient (Wildman–Crippen LogP) is 2.82. The summed E-state index contributed by atoms with van der Waals surface area (Å²) in [5.74, 6) is -1.20. The van der Waals surface area contributed by atoms with Gasteiger partial charge in [0.2, 0.25) is 12.3 Å². The minimum atomic E-state index is -2.53. The van der Waals surface area contributed by atoms with E-state index in [9.17, 15) is 13.6 Å². The average molecular weight is 295 g/mol. The summed E-state index contributed by atoms with van der Waals surface area (Å²) in [5, 5.41) is 0. The maximum atomic E-state index is 13.3. The second-order valence-corrected chi connectivity index (χ2v) is 5.91. The Kier molecular flexibility index (Phi) is 3.93. The van der Waals surface area contributed by atoms with Crippen LogP contribution in [0.25, 0.3) is 0 Å². The van der Waals surface area contributed by atoms with Crippen LogP contribution in [-0.2, 0) is 9.53 Å². The van der Waals surface area contributed by atoms with Crippen LogP contribution in [0, 0.1) is 0 Å². The number of hydrogen-bond acceptors (Lipinski definition) is 2. The molecule has 1 amide bonds.